The average Bonchev–Trinajstić information content (AvgIpc) is 2.88. The molecule has 1 fully saturated rings. The summed E-state index contributed by atoms with van der Waals surface area (Å²) in [5, 5.41) is 3.47. The molecule has 1 saturated heterocycles. The summed E-state index contributed by atoms with van der Waals surface area (Å²) in [6.07, 6.45) is 2.39. The van der Waals surface area contributed by atoms with E-state index < -0.39 is 0 Å². The summed E-state index contributed by atoms with van der Waals surface area (Å²) < 4.78 is 0. The minimum atomic E-state index is 0.154. The van der Waals surface area contributed by atoms with Crippen molar-refractivity contribution in [2.75, 3.05) is 13.1 Å². The van der Waals surface area contributed by atoms with Gasteiger partial charge in [-0.3, -0.25) is 4.79 Å². The third-order valence-corrected chi connectivity index (χ3v) is 3.84. The lowest BCUT2D eigenvalue weighted by Crippen LogP contribution is -2.44. The summed E-state index contributed by atoms with van der Waals surface area (Å²) in [5.41, 5.74) is 1.88. The molecule has 3 heteroatoms. The van der Waals surface area contributed by atoms with Gasteiger partial charge in [-0.2, -0.15) is 0 Å². The van der Waals surface area contributed by atoms with E-state index >= 15 is 0 Å². The van der Waals surface area contributed by atoms with Crippen LogP contribution in [0.15, 0.2) is 24.3 Å². The zero-order valence-electron chi connectivity index (χ0n) is 12.1. The average molecular weight is 260 g/mol. The first kappa shape index (κ1) is 14.1. The third-order valence-electron chi connectivity index (χ3n) is 3.84. The topological polar surface area (TPSA) is 32.3 Å². The highest BCUT2D eigenvalue weighted by atomic mass is 16.2. The van der Waals surface area contributed by atoms with Crippen LogP contribution in [0.1, 0.15) is 42.6 Å². The van der Waals surface area contributed by atoms with Gasteiger partial charge in [0.1, 0.15) is 0 Å². The first-order valence-electron chi connectivity index (χ1n) is 7.19. The largest absolute Gasteiger partial charge is 0.335 e. The quantitative estimate of drug-likeness (QED) is 0.902. The highest BCUT2D eigenvalue weighted by molar-refractivity contribution is 5.95. The summed E-state index contributed by atoms with van der Waals surface area (Å²) >= 11 is 0. The van der Waals surface area contributed by atoms with Crippen molar-refractivity contribution in [3.8, 4) is 0 Å². The molecule has 2 rings (SSSR count). The van der Waals surface area contributed by atoms with Gasteiger partial charge < -0.3 is 10.2 Å². The lowest BCUT2D eigenvalue weighted by molar-refractivity contribution is 0.0688. The first-order chi connectivity index (χ1) is 9.09. The monoisotopic (exact) mass is 260 g/mol. The van der Waals surface area contributed by atoms with E-state index in [1.807, 2.05) is 36.1 Å². The van der Waals surface area contributed by atoms with Gasteiger partial charge in [-0.25, -0.2) is 0 Å². The SMILES string of the molecule is Cc1ccccc1C(=O)N(CC1CCCN1)C(C)C. The highest BCUT2D eigenvalue weighted by Gasteiger charge is 2.24. The molecule has 0 spiro atoms. The van der Waals surface area contributed by atoms with Crippen LogP contribution in [0.2, 0.25) is 0 Å². The summed E-state index contributed by atoms with van der Waals surface area (Å²) in [7, 11) is 0. The molecule has 19 heavy (non-hydrogen) atoms. The number of nitrogens with zero attached hydrogens (tertiary/aromatic N) is 1. The van der Waals surface area contributed by atoms with Crippen molar-refractivity contribution in [2.45, 2.75) is 45.7 Å². The first-order valence-corrected chi connectivity index (χ1v) is 7.19. The molecule has 104 valence electrons. The van der Waals surface area contributed by atoms with Crippen molar-refractivity contribution in [1.82, 2.24) is 10.2 Å². The smallest absolute Gasteiger partial charge is 0.254 e. The molecule has 1 amide bonds. The van der Waals surface area contributed by atoms with Gasteiger partial charge >= 0.3 is 0 Å². The predicted molar refractivity (Wildman–Crippen MR) is 78.4 cm³/mol. The molecular formula is C16H24N2O. The molecule has 1 atom stereocenters. The van der Waals surface area contributed by atoms with E-state index in [0.717, 1.165) is 24.2 Å². The number of benzene rings is 1. The van der Waals surface area contributed by atoms with E-state index in [4.69, 9.17) is 0 Å². The Hall–Kier alpha value is -1.35. The Kier molecular flexibility index (Phi) is 4.59. The van der Waals surface area contributed by atoms with Crippen molar-refractivity contribution in [3.63, 3.8) is 0 Å². The van der Waals surface area contributed by atoms with E-state index in [0.29, 0.717) is 6.04 Å². The third kappa shape index (κ3) is 3.35. The summed E-state index contributed by atoms with van der Waals surface area (Å²) in [6.45, 7) is 8.07. The number of hydrogen-bond acceptors (Lipinski definition) is 2. The zero-order chi connectivity index (χ0) is 13.8. The van der Waals surface area contributed by atoms with Gasteiger partial charge in [-0.1, -0.05) is 18.2 Å². The highest BCUT2D eigenvalue weighted by Crippen LogP contribution is 2.15. The van der Waals surface area contributed by atoms with Crippen LogP contribution in [0.4, 0.5) is 0 Å². The van der Waals surface area contributed by atoms with Crippen LogP contribution in [0, 0.1) is 6.92 Å². The number of aryl methyl sites for hydroxylation is 1. The Balaban J connectivity index is 2.14. The molecule has 1 heterocycles. The van der Waals surface area contributed by atoms with Crippen LogP contribution < -0.4 is 5.32 Å². The second-order valence-electron chi connectivity index (χ2n) is 5.66. The van der Waals surface area contributed by atoms with Crippen LogP contribution in [0.25, 0.3) is 0 Å². The van der Waals surface area contributed by atoms with Gasteiger partial charge in [0.25, 0.3) is 5.91 Å². The molecule has 0 saturated carbocycles. The van der Waals surface area contributed by atoms with E-state index in [9.17, 15) is 4.79 Å². The van der Waals surface area contributed by atoms with Crippen LogP contribution >= 0.6 is 0 Å². The maximum Gasteiger partial charge on any atom is 0.254 e. The lowest BCUT2D eigenvalue weighted by atomic mass is 10.1. The van der Waals surface area contributed by atoms with Crippen molar-refractivity contribution in [1.29, 1.82) is 0 Å². The van der Waals surface area contributed by atoms with Gasteiger partial charge in [-0.05, 0) is 51.8 Å². The molecule has 1 N–H and O–H groups in total. The van der Waals surface area contributed by atoms with Crippen molar-refractivity contribution in [2.24, 2.45) is 0 Å². The normalized spacial score (nSPS) is 18.8. The van der Waals surface area contributed by atoms with E-state index in [2.05, 4.69) is 19.2 Å². The number of carbonyl (C=O) groups excluding carboxylic acids is 1. The summed E-state index contributed by atoms with van der Waals surface area (Å²) in [4.78, 5) is 14.7. The number of rotatable bonds is 4. The fourth-order valence-electron chi connectivity index (χ4n) is 2.65. The molecule has 0 radical (unpaired) electrons. The second kappa shape index (κ2) is 6.20. The lowest BCUT2D eigenvalue weighted by Gasteiger charge is -2.30. The maximum atomic E-state index is 12.7. The number of carbonyl (C=O) groups is 1. The van der Waals surface area contributed by atoms with Crippen molar-refractivity contribution < 1.29 is 4.79 Å². The van der Waals surface area contributed by atoms with Gasteiger partial charge in [0.15, 0.2) is 0 Å². The van der Waals surface area contributed by atoms with Crippen molar-refractivity contribution in [3.05, 3.63) is 35.4 Å². The Labute approximate surface area is 116 Å². The van der Waals surface area contributed by atoms with Crippen LogP contribution in [-0.4, -0.2) is 36.0 Å². The van der Waals surface area contributed by atoms with Crippen molar-refractivity contribution >= 4 is 5.91 Å². The minimum absolute atomic E-state index is 0.154. The van der Waals surface area contributed by atoms with Crippen LogP contribution in [-0.2, 0) is 0 Å². The fourth-order valence-corrected chi connectivity index (χ4v) is 2.65. The maximum absolute atomic E-state index is 12.7. The van der Waals surface area contributed by atoms with Gasteiger partial charge in [0.05, 0.1) is 0 Å². The molecule has 1 aliphatic rings. The molecule has 0 aromatic heterocycles. The molecule has 1 unspecified atom stereocenters. The molecule has 0 aliphatic carbocycles. The minimum Gasteiger partial charge on any atom is -0.335 e. The van der Waals surface area contributed by atoms with E-state index in [1.165, 1.54) is 12.8 Å². The molecule has 0 bridgehead atoms. The molecular weight excluding hydrogens is 236 g/mol. The van der Waals surface area contributed by atoms with Crippen LogP contribution in [0.5, 0.6) is 0 Å². The molecule has 1 aromatic rings. The second-order valence-corrected chi connectivity index (χ2v) is 5.66. The number of amides is 1. The summed E-state index contributed by atoms with van der Waals surface area (Å²) in [5.74, 6) is 0.154. The standard InChI is InChI=1S/C16H24N2O/c1-12(2)18(11-14-8-6-10-17-14)16(19)15-9-5-4-7-13(15)3/h4-5,7,9,12,14,17H,6,8,10-11H2,1-3H3. The predicted octanol–water partition coefficient (Wildman–Crippen LogP) is 2.60. The van der Waals surface area contributed by atoms with E-state index in [1.54, 1.807) is 0 Å². The Bertz CT molecular complexity index is 436. The molecule has 1 aliphatic heterocycles. The molecule has 1 aromatic carbocycles. The van der Waals surface area contributed by atoms with E-state index in [-0.39, 0.29) is 11.9 Å². The van der Waals surface area contributed by atoms with Gasteiger partial charge in [0.2, 0.25) is 0 Å². The molecule has 3 nitrogen and oxygen atoms in total. The Morgan fingerprint density at radius 2 is 2.16 bits per heavy atom. The van der Waals surface area contributed by atoms with Gasteiger partial charge in [-0.15, -0.1) is 0 Å². The zero-order valence-corrected chi connectivity index (χ0v) is 12.1. The van der Waals surface area contributed by atoms with Crippen LogP contribution in [0.3, 0.4) is 0 Å². The fraction of sp³-hybridized carbons (Fsp3) is 0.562. The Morgan fingerprint density at radius 3 is 2.74 bits per heavy atom. The number of nitrogens with one attached hydrogen (secondary N) is 1. The summed E-state index contributed by atoms with van der Waals surface area (Å²) in [6, 6.07) is 8.52. The van der Waals surface area contributed by atoms with Gasteiger partial charge in [0, 0.05) is 24.2 Å². The number of hydrogen-bond donors (Lipinski definition) is 1. The Morgan fingerprint density at radius 1 is 1.42 bits per heavy atom.